The van der Waals surface area contributed by atoms with Crippen molar-refractivity contribution in [1.82, 2.24) is 10.2 Å². The summed E-state index contributed by atoms with van der Waals surface area (Å²) in [6, 6.07) is 9.88. The lowest BCUT2D eigenvalue weighted by Crippen LogP contribution is -2.31. The van der Waals surface area contributed by atoms with Crippen LogP contribution in [0.25, 0.3) is 0 Å². The average molecular weight is 298 g/mol. The third-order valence-corrected chi connectivity index (χ3v) is 4.16. The van der Waals surface area contributed by atoms with E-state index in [0.717, 1.165) is 35.8 Å². The smallest absolute Gasteiger partial charge is 0.266 e. The van der Waals surface area contributed by atoms with Crippen molar-refractivity contribution in [3.8, 4) is 0 Å². The molecule has 0 aliphatic carbocycles. The fourth-order valence-electron chi connectivity index (χ4n) is 2.97. The number of fused-ring (bicyclic) bond motifs is 2. The van der Waals surface area contributed by atoms with Crippen molar-refractivity contribution in [1.29, 1.82) is 0 Å². The van der Waals surface area contributed by atoms with E-state index in [1.807, 2.05) is 24.1 Å². The van der Waals surface area contributed by atoms with Gasteiger partial charge < -0.3 is 9.80 Å². The van der Waals surface area contributed by atoms with Crippen LogP contribution in [0.4, 0.5) is 22.9 Å². The molecule has 0 atom stereocenters. The molecule has 1 aliphatic heterocycles. The number of benzene rings is 1. The van der Waals surface area contributed by atoms with Crippen molar-refractivity contribution in [2.45, 2.75) is 32.6 Å². The molecule has 2 heterocycles. The Morgan fingerprint density at radius 2 is 1.86 bits per heavy atom. The Kier molecular flexibility index (Phi) is 4.13. The Hall–Kier alpha value is -2.30. The molecule has 0 fully saturated rings. The van der Waals surface area contributed by atoms with Crippen molar-refractivity contribution in [2.24, 2.45) is 0 Å². The van der Waals surface area contributed by atoms with E-state index >= 15 is 0 Å². The fraction of sp³-hybridized carbons (Fsp3) is 0.412. The quantitative estimate of drug-likeness (QED) is 0.857. The molecular formula is C17H22N4O. The maximum absolute atomic E-state index is 11.6. The van der Waals surface area contributed by atoms with Crippen LogP contribution in [0.1, 0.15) is 32.6 Å². The van der Waals surface area contributed by atoms with Crippen molar-refractivity contribution in [3.63, 3.8) is 0 Å². The number of H-pyrrole nitrogens is 1. The van der Waals surface area contributed by atoms with Crippen LogP contribution in [-0.4, -0.2) is 23.8 Å². The predicted octanol–water partition coefficient (Wildman–Crippen LogP) is 3.57. The minimum absolute atomic E-state index is 0.170. The van der Waals surface area contributed by atoms with Gasteiger partial charge in [-0.2, -0.15) is 5.10 Å². The van der Waals surface area contributed by atoms with E-state index in [4.69, 9.17) is 0 Å². The lowest BCUT2D eigenvalue weighted by Gasteiger charge is -2.37. The highest BCUT2D eigenvalue weighted by atomic mass is 16.1. The molecule has 0 unspecified atom stereocenters. The van der Waals surface area contributed by atoms with Gasteiger partial charge in [-0.15, -0.1) is 0 Å². The Balaban J connectivity index is 1.98. The van der Waals surface area contributed by atoms with Gasteiger partial charge in [0.1, 0.15) is 0 Å². The zero-order valence-corrected chi connectivity index (χ0v) is 13.2. The molecule has 3 rings (SSSR count). The van der Waals surface area contributed by atoms with Gasteiger partial charge in [-0.05, 0) is 18.6 Å². The molecule has 0 amide bonds. The van der Waals surface area contributed by atoms with Crippen LogP contribution < -0.4 is 15.4 Å². The first-order chi connectivity index (χ1) is 10.7. The number of aromatic nitrogens is 2. The van der Waals surface area contributed by atoms with Crippen molar-refractivity contribution in [3.05, 3.63) is 40.7 Å². The first kappa shape index (κ1) is 14.6. The molecule has 5 nitrogen and oxygen atoms in total. The fourth-order valence-corrected chi connectivity index (χ4v) is 2.97. The van der Waals surface area contributed by atoms with Gasteiger partial charge in [-0.3, -0.25) is 4.79 Å². The monoisotopic (exact) mass is 298 g/mol. The molecular weight excluding hydrogens is 276 g/mol. The topological polar surface area (TPSA) is 52.2 Å². The molecule has 0 radical (unpaired) electrons. The van der Waals surface area contributed by atoms with Crippen molar-refractivity contribution >= 4 is 22.9 Å². The molecule has 2 aromatic rings. The Bertz CT molecular complexity index is 710. The maximum atomic E-state index is 11.6. The van der Waals surface area contributed by atoms with E-state index in [9.17, 15) is 4.79 Å². The SMILES string of the molecule is CCCCCCN1c2ccccc2N(C)c2cc(=O)[nH]nc21. The van der Waals surface area contributed by atoms with Gasteiger partial charge in [0.15, 0.2) is 5.82 Å². The van der Waals surface area contributed by atoms with E-state index in [1.54, 1.807) is 6.07 Å². The third kappa shape index (κ3) is 2.58. The predicted molar refractivity (Wildman–Crippen MR) is 90.5 cm³/mol. The molecule has 116 valence electrons. The summed E-state index contributed by atoms with van der Waals surface area (Å²) in [6.07, 6.45) is 4.80. The van der Waals surface area contributed by atoms with Crippen LogP contribution in [0.3, 0.4) is 0 Å². The van der Waals surface area contributed by atoms with Gasteiger partial charge in [0.2, 0.25) is 0 Å². The van der Waals surface area contributed by atoms with Gasteiger partial charge in [-0.25, -0.2) is 5.10 Å². The summed E-state index contributed by atoms with van der Waals surface area (Å²) in [7, 11) is 1.98. The Morgan fingerprint density at radius 3 is 2.64 bits per heavy atom. The molecule has 0 bridgehead atoms. The van der Waals surface area contributed by atoms with Gasteiger partial charge in [0, 0.05) is 19.7 Å². The summed E-state index contributed by atoms with van der Waals surface area (Å²) >= 11 is 0. The van der Waals surface area contributed by atoms with Crippen molar-refractivity contribution < 1.29 is 0 Å². The van der Waals surface area contributed by atoms with Crippen LogP contribution in [0, 0.1) is 0 Å². The first-order valence-electron chi connectivity index (χ1n) is 7.92. The lowest BCUT2D eigenvalue weighted by atomic mass is 10.1. The van der Waals surface area contributed by atoms with Crippen molar-refractivity contribution in [2.75, 3.05) is 23.4 Å². The minimum Gasteiger partial charge on any atom is -0.340 e. The van der Waals surface area contributed by atoms with E-state index in [1.165, 1.54) is 19.3 Å². The number of nitrogens with zero attached hydrogens (tertiary/aromatic N) is 3. The molecule has 0 saturated carbocycles. The highest BCUT2D eigenvalue weighted by Gasteiger charge is 2.27. The molecule has 0 saturated heterocycles. The summed E-state index contributed by atoms with van der Waals surface area (Å²) in [4.78, 5) is 15.9. The van der Waals surface area contributed by atoms with E-state index in [0.29, 0.717) is 0 Å². The number of anilines is 4. The molecule has 5 heteroatoms. The Labute approximate surface area is 130 Å². The number of aromatic amines is 1. The van der Waals surface area contributed by atoms with Gasteiger partial charge in [0.25, 0.3) is 5.56 Å². The summed E-state index contributed by atoms with van der Waals surface area (Å²) in [6.45, 7) is 3.13. The molecule has 1 aromatic carbocycles. The second-order valence-electron chi connectivity index (χ2n) is 5.70. The van der Waals surface area contributed by atoms with Gasteiger partial charge in [-0.1, -0.05) is 38.3 Å². The summed E-state index contributed by atoms with van der Waals surface area (Å²) in [5.41, 5.74) is 2.94. The standard InChI is InChI=1S/C17H22N4O/c1-3-4-5-8-11-21-14-10-7-6-9-13(14)20(2)15-12-16(22)18-19-17(15)21/h6-7,9-10,12H,3-5,8,11H2,1-2H3,(H,18,22). The second kappa shape index (κ2) is 6.22. The Morgan fingerprint density at radius 1 is 1.09 bits per heavy atom. The van der Waals surface area contributed by atoms with Crippen LogP contribution in [0.2, 0.25) is 0 Å². The van der Waals surface area contributed by atoms with Crippen LogP contribution in [-0.2, 0) is 0 Å². The number of hydrogen-bond donors (Lipinski definition) is 1. The average Bonchev–Trinajstić information content (AvgIpc) is 2.54. The molecule has 1 N–H and O–H groups in total. The number of unbranched alkanes of at least 4 members (excludes halogenated alkanes) is 3. The lowest BCUT2D eigenvalue weighted by molar-refractivity contribution is 0.664. The molecule has 1 aliphatic rings. The number of hydrogen-bond acceptors (Lipinski definition) is 4. The largest absolute Gasteiger partial charge is 0.340 e. The van der Waals surface area contributed by atoms with E-state index in [-0.39, 0.29) is 5.56 Å². The third-order valence-electron chi connectivity index (χ3n) is 4.16. The zero-order chi connectivity index (χ0) is 15.5. The summed E-state index contributed by atoms with van der Waals surface area (Å²) in [5.74, 6) is 0.831. The molecule has 1 aromatic heterocycles. The van der Waals surface area contributed by atoms with Crippen LogP contribution >= 0.6 is 0 Å². The minimum atomic E-state index is -0.170. The second-order valence-corrected chi connectivity index (χ2v) is 5.70. The molecule has 0 spiro atoms. The van der Waals surface area contributed by atoms with Gasteiger partial charge >= 0.3 is 0 Å². The number of nitrogens with one attached hydrogen (secondary N) is 1. The van der Waals surface area contributed by atoms with E-state index < -0.39 is 0 Å². The molecule has 22 heavy (non-hydrogen) atoms. The highest BCUT2D eigenvalue weighted by molar-refractivity contribution is 5.90. The van der Waals surface area contributed by atoms with Crippen LogP contribution in [0.15, 0.2) is 35.1 Å². The number of rotatable bonds is 5. The van der Waals surface area contributed by atoms with Gasteiger partial charge in [0.05, 0.1) is 17.1 Å². The summed E-state index contributed by atoms with van der Waals surface area (Å²) < 4.78 is 0. The van der Waals surface area contributed by atoms with E-state index in [2.05, 4.69) is 34.2 Å². The first-order valence-corrected chi connectivity index (χ1v) is 7.92. The van der Waals surface area contributed by atoms with Crippen LogP contribution in [0.5, 0.6) is 0 Å². The number of para-hydroxylation sites is 2. The normalized spacial score (nSPS) is 13.0. The maximum Gasteiger partial charge on any atom is 0.266 e. The summed E-state index contributed by atoms with van der Waals surface area (Å²) in [5, 5.41) is 6.86. The highest BCUT2D eigenvalue weighted by Crippen LogP contribution is 2.44. The zero-order valence-electron chi connectivity index (χ0n) is 13.2.